The highest BCUT2D eigenvalue weighted by molar-refractivity contribution is 6.77. The van der Waals surface area contributed by atoms with Gasteiger partial charge in [-0.25, -0.2) is 0 Å². The van der Waals surface area contributed by atoms with Crippen LogP contribution in [0.15, 0.2) is 0 Å². The molecular formula is C12H27NSi. The number of hydrogen-bond donors (Lipinski definition) is 1. The minimum atomic E-state index is -0.975. The molecule has 0 saturated carbocycles. The minimum Gasteiger partial charge on any atom is -0.337 e. The molecule has 1 N–H and O–H groups in total. The molecule has 1 heterocycles. The Bertz CT molecular complexity index is 131. The summed E-state index contributed by atoms with van der Waals surface area (Å²) >= 11 is 0. The van der Waals surface area contributed by atoms with E-state index in [0.29, 0.717) is 0 Å². The third-order valence-corrected chi connectivity index (χ3v) is 8.53. The van der Waals surface area contributed by atoms with Crippen LogP contribution >= 0.6 is 0 Å². The molecule has 0 radical (unpaired) electrons. The first kappa shape index (κ1) is 12.2. The molecule has 0 aromatic rings. The lowest BCUT2D eigenvalue weighted by Crippen LogP contribution is -2.53. The van der Waals surface area contributed by atoms with E-state index < -0.39 is 8.24 Å². The van der Waals surface area contributed by atoms with Crippen LogP contribution in [0.25, 0.3) is 0 Å². The van der Waals surface area contributed by atoms with E-state index in [0.717, 1.165) is 0 Å². The van der Waals surface area contributed by atoms with Gasteiger partial charge in [-0.3, -0.25) is 0 Å². The average molecular weight is 213 g/mol. The van der Waals surface area contributed by atoms with Crippen molar-refractivity contribution in [1.29, 1.82) is 0 Å². The summed E-state index contributed by atoms with van der Waals surface area (Å²) in [5, 5.41) is 0. The standard InChI is InChI=1S/C12H27NSi/c1-3-5-10-14(11-6-4-2)12-8-7-9-13-14/h13H,3-12H2,1-2H3. The van der Waals surface area contributed by atoms with Gasteiger partial charge in [0.15, 0.2) is 0 Å². The van der Waals surface area contributed by atoms with Crippen molar-refractivity contribution in [1.82, 2.24) is 4.98 Å². The lowest BCUT2D eigenvalue weighted by Gasteiger charge is -2.36. The molecule has 14 heavy (non-hydrogen) atoms. The zero-order valence-electron chi connectivity index (χ0n) is 10.1. The average Bonchev–Trinajstić information content (AvgIpc) is 2.25. The fraction of sp³-hybridized carbons (Fsp3) is 1.00. The molecule has 0 bridgehead atoms. The fourth-order valence-corrected chi connectivity index (χ4v) is 7.59. The highest BCUT2D eigenvalue weighted by Gasteiger charge is 2.32. The van der Waals surface area contributed by atoms with Crippen molar-refractivity contribution >= 4 is 8.24 Å². The predicted octanol–water partition coefficient (Wildman–Crippen LogP) is 3.92. The Kier molecular flexibility index (Phi) is 5.79. The predicted molar refractivity (Wildman–Crippen MR) is 67.2 cm³/mol. The van der Waals surface area contributed by atoms with E-state index in [1.807, 2.05) is 0 Å². The fourth-order valence-electron chi connectivity index (χ4n) is 2.61. The van der Waals surface area contributed by atoms with Gasteiger partial charge in [0.05, 0.1) is 0 Å². The van der Waals surface area contributed by atoms with Crippen molar-refractivity contribution in [3.63, 3.8) is 0 Å². The third-order valence-electron chi connectivity index (χ3n) is 3.60. The van der Waals surface area contributed by atoms with Crippen LogP contribution in [0.3, 0.4) is 0 Å². The highest BCUT2D eigenvalue weighted by Crippen LogP contribution is 2.28. The van der Waals surface area contributed by atoms with E-state index in [4.69, 9.17) is 0 Å². The summed E-state index contributed by atoms with van der Waals surface area (Å²) in [4.78, 5) is 3.94. The van der Waals surface area contributed by atoms with Crippen LogP contribution in [-0.4, -0.2) is 14.8 Å². The molecule has 0 unspecified atom stereocenters. The normalized spacial score (nSPS) is 21.0. The Hall–Kier alpha value is 0.177. The van der Waals surface area contributed by atoms with Gasteiger partial charge in [0, 0.05) is 0 Å². The van der Waals surface area contributed by atoms with Crippen molar-refractivity contribution in [2.24, 2.45) is 0 Å². The SMILES string of the molecule is CCCC[Si]1(CCCC)CCCCN1. The molecule has 1 aliphatic rings. The van der Waals surface area contributed by atoms with E-state index >= 15 is 0 Å². The van der Waals surface area contributed by atoms with Crippen LogP contribution in [0, 0.1) is 0 Å². The number of nitrogens with one attached hydrogen (secondary N) is 1. The first-order valence-electron chi connectivity index (χ1n) is 6.58. The first-order chi connectivity index (χ1) is 6.83. The summed E-state index contributed by atoms with van der Waals surface area (Å²) in [6.07, 6.45) is 8.61. The Balaban J connectivity index is 2.39. The van der Waals surface area contributed by atoms with Crippen molar-refractivity contribution < 1.29 is 0 Å². The van der Waals surface area contributed by atoms with Crippen LogP contribution < -0.4 is 4.98 Å². The van der Waals surface area contributed by atoms with Gasteiger partial charge in [-0.15, -0.1) is 0 Å². The number of unbranched alkanes of at least 4 members (excludes halogenated alkanes) is 2. The molecule has 0 aromatic heterocycles. The molecule has 1 aliphatic heterocycles. The second kappa shape index (κ2) is 6.62. The molecular weight excluding hydrogens is 186 g/mol. The molecule has 1 rings (SSSR count). The van der Waals surface area contributed by atoms with Gasteiger partial charge in [0.25, 0.3) is 0 Å². The quantitative estimate of drug-likeness (QED) is 0.660. The number of rotatable bonds is 6. The maximum absolute atomic E-state index is 3.94. The van der Waals surface area contributed by atoms with Gasteiger partial charge in [0.2, 0.25) is 0 Å². The summed E-state index contributed by atoms with van der Waals surface area (Å²) in [6, 6.07) is 4.65. The summed E-state index contributed by atoms with van der Waals surface area (Å²) < 4.78 is 0. The molecule has 1 saturated heterocycles. The second-order valence-electron chi connectivity index (χ2n) is 4.87. The Labute approximate surface area is 90.8 Å². The largest absolute Gasteiger partial charge is 0.337 e. The minimum absolute atomic E-state index is 0.975. The molecule has 2 heteroatoms. The molecule has 0 spiro atoms. The maximum Gasteiger partial charge on any atom is 0.125 e. The smallest absolute Gasteiger partial charge is 0.125 e. The monoisotopic (exact) mass is 213 g/mol. The lowest BCUT2D eigenvalue weighted by atomic mass is 10.3. The van der Waals surface area contributed by atoms with E-state index in [1.54, 1.807) is 18.1 Å². The van der Waals surface area contributed by atoms with E-state index in [1.165, 1.54) is 45.1 Å². The van der Waals surface area contributed by atoms with Crippen LogP contribution in [-0.2, 0) is 0 Å². The molecule has 84 valence electrons. The molecule has 0 amide bonds. The van der Waals surface area contributed by atoms with Gasteiger partial charge in [-0.1, -0.05) is 46.0 Å². The van der Waals surface area contributed by atoms with Gasteiger partial charge >= 0.3 is 0 Å². The van der Waals surface area contributed by atoms with Crippen molar-refractivity contribution in [3.8, 4) is 0 Å². The van der Waals surface area contributed by atoms with Crippen LogP contribution in [0.5, 0.6) is 0 Å². The zero-order chi connectivity index (χ0) is 10.3. The topological polar surface area (TPSA) is 12.0 Å². The van der Waals surface area contributed by atoms with Gasteiger partial charge < -0.3 is 4.98 Å². The lowest BCUT2D eigenvalue weighted by molar-refractivity contribution is 0.659. The zero-order valence-corrected chi connectivity index (χ0v) is 11.1. The van der Waals surface area contributed by atoms with Crippen LogP contribution in [0.4, 0.5) is 0 Å². The van der Waals surface area contributed by atoms with E-state index in [2.05, 4.69) is 18.8 Å². The van der Waals surface area contributed by atoms with Gasteiger partial charge in [0.1, 0.15) is 8.24 Å². The Morgan fingerprint density at radius 2 is 1.64 bits per heavy atom. The van der Waals surface area contributed by atoms with E-state index in [9.17, 15) is 0 Å². The first-order valence-corrected chi connectivity index (χ1v) is 9.20. The molecule has 1 fully saturated rings. The summed E-state index contributed by atoms with van der Waals surface area (Å²) in [6.45, 7) is 5.97. The molecule has 0 aliphatic carbocycles. The molecule has 0 atom stereocenters. The van der Waals surface area contributed by atoms with Gasteiger partial charge in [-0.05, 0) is 31.1 Å². The Morgan fingerprint density at radius 3 is 2.07 bits per heavy atom. The van der Waals surface area contributed by atoms with Crippen molar-refractivity contribution in [2.45, 2.75) is 70.5 Å². The van der Waals surface area contributed by atoms with Gasteiger partial charge in [-0.2, -0.15) is 0 Å². The number of hydrogen-bond acceptors (Lipinski definition) is 1. The third kappa shape index (κ3) is 3.74. The molecule has 1 nitrogen and oxygen atoms in total. The van der Waals surface area contributed by atoms with Crippen molar-refractivity contribution in [3.05, 3.63) is 0 Å². The summed E-state index contributed by atoms with van der Waals surface area (Å²) in [5.74, 6) is 0. The summed E-state index contributed by atoms with van der Waals surface area (Å²) in [5.41, 5.74) is 0. The highest BCUT2D eigenvalue weighted by atomic mass is 28.3. The van der Waals surface area contributed by atoms with Crippen LogP contribution in [0.2, 0.25) is 18.1 Å². The maximum atomic E-state index is 3.94. The van der Waals surface area contributed by atoms with E-state index in [-0.39, 0.29) is 0 Å². The molecule has 0 aromatic carbocycles. The summed E-state index contributed by atoms with van der Waals surface area (Å²) in [7, 11) is -0.975. The Morgan fingerprint density at radius 1 is 1.00 bits per heavy atom. The second-order valence-corrected chi connectivity index (χ2v) is 9.29. The van der Waals surface area contributed by atoms with Crippen LogP contribution in [0.1, 0.15) is 52.4 Å². The van der Waals surface area contributed by atoms with Crippen molar-refractivity contribution in [2.75, 3.05) is 6.54 Å².